The lowest BCUT2D eigenvalue weighted by molar-refractivity contribution is -0.113. The van der Waals surface area contributed by atoms with Crippen molar-refractivity contribution in [1.82, 2.24) is 0 Å². The van der Waals surface area contributed by atoms with E-state index < -0.39 is 0 Å². The van der Waals surface area contributed by atoms with E-state index in [1.54, 1.807) is 30.3 Å². The van der Waals surface area contributed by atoms with Crippen molar-refractivity contribution in [3.05, 3.63) is 48.1 Å². The van der Waals surface area contributed by atoms with Crippen LogP contribution in [0.5, 0.6) is 5.75 Å². The molecule has 3 heteroatoms. The van der Waals surface area contributed by atoms with E-state index in [0.29, 0.717) is 5.69 Å². The standard InChI is InChI=1S/C13H13NO2/c15-12-9-5-4-8-11(12)14-13(16)10-6-2-1-3-7-10/h1-2,4-6,8-9,15H,3,7H2,(H,14,16). The van der Waals surface area contributed by atoms with Crippen LogP contribution < -0.4 is 5.32 Å². The van der Waals surface area contributed by atoms with Crippen molar-refractivity contribution >= 4 is 11.6 Å². The van der Waals surface area contributed by atoms with Gasteiger partial charge < -0.3 is 10.4 Å². The molecule has 0 heterocycles. The molecule has 1 aliphatic carbocycles. The third-order valence-electron chi connectivity index (χ3n) is 2.46. The molecule has 0 atom stereocenters. The number of allylic oxidation sites excluding steroid dienone is 3. The third kappa shape index (κ3) is 2.31. The van der Waals surface area contributed by atoms with Crippen LogP contribution in [0.4, 0.5) is 5.69 Å². The molecule has 0 spiro atoms. The van der Waals surface area contributed by atoms with Crippen LogP contribution in [-0.2, 0) is 4.79 Å². The Morgan fingerprint density at radius 3 is 2.81 bits per heavy atom. The number of carbonyl (C=O) groups is 1. The molecule has 1 aromatic carbocycles. The highest BCUT2D eigenvalue weighted by atomic mass is 16.3. The molecule has 0 saturated carbocycles. The fourth-order valence-electron chi connectivity index (χ4n) is 1.57. The summed E-state index contributed by atoms with van der Waals surface area (Å²) in [5.74, 6) is -0.0614. The molecule has 0 aromatic heterocycles. The van der Waals surface area contributed by atoms with Gasteiger partial charge >= 0.3 is 0 Å². The first-order chi connectivity index (χ1) is 7.77. The Hall–Kier alpha value is -2.03. The van der Waals surface area contributed by atoms with E-state index in [1.807, 2.05) is 12.2 Å². The maximum absolute atomic E-state index is 11.8. The number of anilines is 1. The minimum atomic E-state index is -0.147. The summed E-state index contributed by atoms with van der Waals surface area (Å²) in [6.07, 6.45) is 7.34. The van der Waals surface area contributed by atoms with Crippen LogP contribution in [0.3, 0.4) is 0 Å². The fraction of sp³-hybridized carbons (Fsp3) is 0.154. The zero-order valence-electron chi connectivity index (χ0n) is 8.81. The Kier molecular flexibility index (Phi) is 3.05. The Labute approximate surface area is 94.1 Å². The molecule has 82 valence electrons. The van der Waals surface area contributed by atoms with E-state index in [4.69, 9.17) is 0 Å². The van der Waals surface area contributed by atoms with Crippen molar-refractivity contribution in [2.75, 3.05) is 5.32 Å². The first kappa shape index (κ1) is 10.5. The number of nitrogens with one attached hydrogen (secondary N) is 1. The van der Waals surface area contributed by atoms with Gasteiger partial charge in [0.15, 0.2) is 0 Å². The topological polar surface area (TPSA) is 49.3 Å². The minimum Gasteiger partial charge on any atom is -0.506 e. The highest BCUT2D eigenvalue weighted by molar-refractivity contribution is 6.04. The maximum Gasteiger partial charge on any atom is 0.251 e. The molecule has 0 saturated heterocycles. The van der Waals surface area contributed by atoms with Crippen molar-refractivity contribution in [1.29, 1.82) is 0 Å². The van der Waals surface area contributed by atoms with E-state index in [2.05, 4.69) is 5.32 Å². The van der Waals surface area contributed by atoms with Gasteiger partial charge in [0.25, 0.3) is 5.91 Å². The summed E-state index contributed by atoms with van der Waals surface area (Å²) in [5, 5.41) is 12.2. The summed E-state index contributed by atoms with van der Waals surface area (Å²) >= 11 is 0. The van der Waals surface area contributed by atoms with Gasteiger partial charge in [0.05, 0.1) is 5.69 Å². The average molecular weight is 215 g/mol. The number of phenols is 1. The SMILES string of the molecule is O=C(Nc1ccccc1O)C1=CC=CCC1. The Morgan fingerprint density at radius 1 is 1.31 bits per heavy atom. The van der Waals surface area contributed by atoms with Gasteiger partial charge in [-0.1, -0.05) is 30.4 Å². The van der Waals surface area contributed by atoms with Crippen LogP contribution in [0.1, 0.15) is 12.8 Å². The quantitative estimate of drug-likeness (QED) is 0.745. The molecular formula is C13H13NO2. The number of benzene rings is 1. The first-order valence-electron chi connectivity index (χ1n) is 5.22. The van der Waals surface area contributed by atoms with Gasteiger partial charge in [0, 0.05) is 5.57 Å². The molecule has 1 aromatic rings. The predicted octanol–water partition coefficient (Wildman–Crippen LogP) is 2.61. The minimum absolute atomic E-state index is 0.0859. The maximum atomic E-state index is 11.8. The average Bonchev–Trinajstić information content (AvgIpc) is 2.33. The molecule has 2 N–H and O–H groups in total. The summed E-state index contributed by atoms with van der Waals surface area (Å²) in [6, 6.07) is 6.70. The van der Waals surface area contributed by atoms with E-state index in [9.17, 15) is 9.90 Å². The van der Waals surface area contributed by atoms with Crippen molar-refractivity contribution in [2.45, 2.75) is 12.8 Å². The lowest BCUT2D eigenvalue weighted by Crippen LogP contribution is -2.15. The summed E-state index contributed by atoms with van der Waals surface area (Å²) in [5.41, 5.74) is 1.19. The molecule has 16 heavy (non-hydrogen) atoms. The van der Waals surface area contributed by atoms with E-state index >= 15 is 0 Å². The number of phenolic OH excluding ortho intramolecular Hbond substituents is 1. The Bertz CT molecular complexity index is 461. The smallest absolute Gasteiger partial charge is 0.251 e. The second kappa shape index (κ2) is 4.66. The Morgan fingerprint density at radius 2 is 2.12 bits per heavy atom. The zero-order valence-corrected chi connectivity index (χ0v) is 8.81. The van der Waals surface area contributed by atoms with Crippen LogP contribution in [0.25, 0.3) is 0 Å². The number of para-hydroxylation sites is 2. The zero-order chi connectivity index (χ0) is 11.4. The van der Waals surface area contributed by atoms with Crippen molar-refractivity contribution < 1.29 is 9.90 Å². The van der Waals surface area contributed by atoms with Crippen molar-refractivity contribution in [3.8, 4) is 5.75 Å². The molecule has 1 aliphatic rings. The van der Waals surface area contributed by atoms with E-state index in [0.717, 1.165) is 18.4 Å². The number of hydrogen-bond donors (Lipinski definition) is 2. The van der Waals surface area contributed by atoms with Gasteiger partial charge in [0.1, 0.15) is 5.75 Å². The largest absolute Gasteiger partial charge is 0.506 e. The summed E-state index contributed by atoms with van der Waals surface area (Å²) in [6.45, 7) is 0. The molecular weight excluding hydrogens is 202 g/mol. The molecule has 0 fully saturated rings. The highest BCUT2D eigenvalue weighted by Gasteiger charge is 2.11. The molecule has 0 bridgehead atoms. The van der Waals surface area contributed by atoms with Gasteiger partial charge in [-0.15, -0.1) is 0 Å². The highest BCUT2D eigenvalue weighted by Crippen LogP contribution is 2.23. The fourth-order valence-corrected chi connectivity index (χ4v) is 1.57. The molecule has 0 aliphatic heterocycles. The van der Waals surface area contributed by atoms with Crippen LogP contribution in [-0.4, -0.2) is 11.0 Å². The normalized spacial score (nSPS) is 14.4. The molecule has 0 radical (unpaired) electrons. The second-order valence-electron chi connectivity index (χ2n) is 3.63. The van der Waals surface area contributed by atoms with Gasteiger partial charge in [-0.25, -0.2) is 0 Å². The summed E-state index contributed by atoms with van der Waals surface area (Å²) in [4.78, 5) is 11.8. The van der Waals surface area contributed by atoms with Crippen molar-refractivity contribution in [3.63, 3.8) is 0 Å². The second-order valence-corrected chi connectivity index (χ2v) is 3.63. The van der Waals surface area contributed by atoms with E-state index in [-0.39, 0.29) is 11.7 Å². The lowest BCUT2D eigenvalue weighted by atomic mass is 10.0. The first-order valence-corrected chi connectivity index (χ1v) is 5.22. The summed E-state index contributed by atoms with van der Waals surface area (Å²) < 4.78 is 0. The van der Waals surface area contributed by atoms with Gasteiger partial charge in [-0.2, -0.15) is 0 Å². The molecule has 0 unspecified atom stereocenters. The lowest BCUT2D eigenvalue weighted by Gasteiger charge is -2.10. The van der Waals surface area contributed by atoms with Crippen LogP contribution in [0.15, 0.2) is 48.1 Å². The number of rotatable bonds is 2. The number of hydrogen-bond acceptors (Lipinski definition) is 2. The molecule has 2 rings (SSSR count). The van der Waals surface area contributed by atoms with Crippen LogP contribution in [0.2, 0.25) is 0 Å². The van der Waals surface area contributed by atoms with Crippen LogP contribution in [0, 0.1) is 0 Å². The Balaban J connectivity index is 2.11. The van der Waals surface area contributed by atoms with E-state index in [1.165, 1.54) is 0 Å². The number of amides is 1. The third-order valence-corrected chi connectivity index (χ3v) is 2.46. The summed E-state index contributed by atoms with van der Waals surface area (Å²) in [7, 11) is 0. The predicted molar refractivity (Wildman–Crippen MR) is 63.2 cm³/mol. The molecule has 3 nitrogen and oxygen atoms in total. The molecule has 1 amide bonds. The monoisotopic (exact) mass is 215 g/mol. The van der Waals surface area contributed by atoms with Gasteiger partial charge in [-0.3, -0.25) is 4.79 Å². The number of aromatic hydroxyl groups is 1. The van der Waals surface area contributed by atoms with Crippen LogP contribution >= 0.6 is 0 Å². The van der Waals surface area contributed by atoms with Gasteiger partial charge in [-0.05, 0) is 25.0 Å². The van der Waals surface area contributed by atoms with Crippen molar-refractivity contribution in [2.24, 2.45) is 0 Å². The number of carbonyl (C=O) groups excluding carboxylic acids is 1. The van der Waals surface area contributed by atoms with Gasteiger partial charge in [0.2, 0.25) is 0 Å².